The summed E-state index contributed by atoms with van der Waals surface area (Å²) in [5, 5.41) is 23.0. The second kappa shape index (κ2) is 7.43. The first kappa shape index (κ1) is 19.0. The van der Waals surface area contributed by atoms with Crippen molar-refractivity contribution in [2.75, 3.05) is 13.7 Å². The van der Waals surface area contributed by atoms with E-state index < -0.39 is 21.2 Å². The van der Waals surface area contributed by atoms with Crippen molar-refractivity contribution in [3.8, 4) is 11.1 Å². The molecule has 0 spiro atoms. The highest BCUT2D eigenvalue weighted by molar-refractivity contribution is 6.07. The van der Waals surface area contributed by atoms with Gasteiger partial charge in [-0.15, -0.1) is 0 Å². The summed E-state index contributed by atoms with van der Waals surface area (Å²) >= 11 is 0. The van der Waals surface area contributed by atoms with Gasteiger partial charge in [0.2, 0.25) is 0 Å². The van der Waals surface area contributed by atoms with Gasteiger partial charge < -0.3 is 4.74 Å². The van der Waals surface area contributed by atoms with Crippen LogP contribution in [0.25, 0.3) is 16.7 Å². The van der Waals surface area contributed by atoms with Crippen molar-refractivity contribution in [3.05, 3.63) is 72.9 Å². The van der Waals surface area contributed by atoms with Gasteiger partial charge in [0.1, 0.15) is 0 Å². The summed E-state index contributed by atoms with van der Waals surface area (Å²) in [7, 11) is 1.17. The molecule has 10 nitrogen and oxygen atoms in total. The smallest absolute Gasteiger partial charge is 0.325 e. The van der Waals surface area contributed by atoms with E-state index in [9.17, 15) is 25.1 Å². The molecule has 3 rings (SSSR count). The van der Waals surface area contributed by atoms with E-state index in [0.717, 1.165) is 12.5 Å². The van der Waals surface area contributed by atoms with Gasteiger partial charge in [-0.2, -0.15) is 0 Å². The topological polar surface area (TPSA) is 125 Å². The molecule has 1 aliphatic carbocycles. The number of ether oxygens (including phenoxy) is 1. The van der Waals surface area contributed by atoms with Crippen molar-refractivity contribution in [2.45, 2.75) is 13.3 Å². The molecule has 0 fully saturated rings. The molecule has 0 unspecified atom stereocenters. The fourth-order valence-electron chi connectivity index (χ4n) is 3.15. The van der Waals surface area contributed by atoms with E-state index in [2.05, 4.69) is 0 Å². The van der Waals surface area contributed by atoms with E-state index in [4.69, 9.17) is 9.57 Å². The third-order valence-electron chi connectivity index (χ3n) is 4.27. The van der Waals surface area contributed by atoms with E-state index in [-0.39, 0.29) is 27.3 Å². The minimum Gasteiger partial charge on any atom is -0.501 e. The first-order valence-electron chi connectivity index (χ1n) is 8.34. The number of nitro groups is 2. The largest absolute Gasteiger partial charge is 0.501 e. The van der Waals surface area contributed by atoms with Crippen LogP contribution in [0, 0.1) is 25.1 Å². The number of rotatable bonds is 7. The summed E-state index contributed by atoms with van der Waals surface area (Å²) < 4.78 is 5.48. The van der Waals surface area contributed by atoms with E-state index >= 15 is 0 Å². The van der Waals surface area contributed by atoms with Crippen LogP contribution in [0.2, 0.25) is 0 Å². The molecule has 0 radical (unpaired) electrons. The van der Waals surface area contributed by atoms with Gasteiger partial charge >= 0.3 is 5.69 Å². The Morgan fingerprint density at radius 3 is 2.32 bits per heavy atom. The van der Waals surface area contributed by atoms with Crippen molar-refractivity contribution in [2.24, 2.45) is 0 Å². The molecule has 0 aromatic heterocycles. The van der Waals surface area contributed by atoms with Crippen LogP contribution >= 0.6 is 0 Å². The summed E-state index contributed by atoms with van der Waals surface area (Å²) in [5.74, 6) is 0. The number of hydrogen-bond donors (Lipinski definition) is 0. The molecule has 0 saturated carbocycles. The van der Waals surface area contributed by atoms with Crippen LogP contribution in [0.3, 0.4) is 0 Å². The molecule has 0 heterocycles. The van der Waals surface area contributed by atoms with Gasteiger partial charge in [-0.1, -0.05) is 19.1 Å². The molecule has 10 heteroatoms. The van der Waals surface area contributed by atoms with Crippen LogP contribution in [0.4, 0.5) is 17.1 Å². The number of fused-ring (bicyclic) bond motifs is 3. The molecule has 0 aliphatic heterocycles. The van der Waals surface area contributed by atoms with Crippen LogP contribution in [0.1, 0.15) is 24.5 Å². The molecular weight excluding hydrogens is 370 g/mol. The van der Waals surface area contributed by atoms with Crippen molar-refractivity contribution in [1.82, 2.24) is 0 Å². The van der Waals surface area contributed by atoms with E-state index in [0.29, 0.717) is 17.7 Å². The molecule has 0 bridgehead atoms. The molecule has 144 valence electrons. The molecule has 0 amide bonds. The second-order valence-corrected chi connectivity index (χ2v) is 5.94. The predicted molar refractivity (Wildman–Crippen MR) is 98.8 cm³/mol. The normalized spacial score (nSPS) is 13.0. The lowest BCUT2D eigenvalue weighted by atomic mass is 10.0. The summed E-state index contributed by atoms with van der Waals surface area (Å²) in [6.07, 6.45) is 2.14. The summed E-state index contributed by atoms with van der Waals surface area (Å²) in [6, 6.07) is 6.85. The van der Waals surface area contributed by atoms with Crippen LogP contribution < -0.4 is 0 Å². The Balaban J connectivity index is 2.40. The SMILES string of the molecule is CCCO/C=C1\c2cc([N+](=O)[O-])cc([N+](=O)[O-])c2-c2c1cccc2[N+](=O)OC. The van der Waals surface area contributed by atoms with Gasteiger partial charge in [-0.3, -0.25) is 20.2 Å². The number of nitrogens with zero attached hydrogens (tertiary/aromatic N) is 3. The van der Waals surface area contributed by atoms with Crippen molar-refractivity contribution >= 4 is 22.6 Å². The van der Waals surface area contributed by atoms with E-state index in [1.807, 2.05) is 6.92 Å². The van der Waals surface area contributed by atoms with Gasteiger partial charge in [0, 0.05) is 28.8 Å². The zero-order chi connectivity index (χ0) is 20.4. The third-order valence-corrected chi connectivity index (χ3v) is 4.27. The average Bonchev–Trinajstić information content (AvgIpc) is 3.00. The van der Waals surface area contributed by atoms with Crippen molar-refractivity contribution < 1.29 is 24.3 Å². The monoisotopic (exact) mass is 386 g/mol. The Bertz CT molecular complexity index is 1030. The van der Waals surface area contributed by atoms with Crippen LogP contribution in [-0.2, 0) is 9.57 Å². The quantitative estimate of drug-likeness (QED) is 0.257. The maximum Gasteiger partial charge on any atom is 0.325 e. The number of non-ortho nitro benzene ring substituents is 1. The van der Waals surface area contributed by atoms with Gasteiger partial charge in [0.05, 0.1) is 44.8 Å². The molecule has 1 aliphatic rings. The Hall–Kier alpha value is -3.82. The first-order chi connectivity index (χ1) is 13.4. The van der Waals surface area contributed by atoms with Gasteiger partial charge in [0.25, 0.3) is 16.3 Å². The Kier molecular flexibility index (Phi) is 5.03. The summed E-state index contributed by atoms with van der Waals surface area (Å²) in [5.41, 5.74) is 0.712. The zero-order valence-electron chi connectivity index (χ0n) is 15.1. The summed E-state index contributed by atoms with van der Waals surface area (Å²) in [4.78, 5) is 38.7. The second-order valence-electron chi connectivity index (χ2n) is 5.94. The molecule has 0 atom stereocenters. The molecule has 28 heavy (non-hydrogen) atoms. The Labute approximate surface area is 158 Å². The van der Waals surface area contributed by atoms with Crippen LogP contribution in [-0.4, -0.2) is 28.5 Å². The van der Waals surface area contributed by atoms with Gasteiger partial charge in [-0.25, -0.2) is 4.84 Å². The molecule has 2 aromatic rings. The fraction of sp³-hybridized carbons (Fsp3) is 0.222. The predicted octanol–water partition coefficient (Wildman–Crippen LogP) is 4.27. The maximum atomic E-state index is 12.2. The first-order valence-corrected chi connectivity index (χ1v) is 8.34. The molecule has 0 N–H and O–H groups in total. The minimum absolute atomic E-state index is 0.0529. The Morgan fingerprint density at radius 2 is 1.71 bits per heavy atom. The highest BCUT2D eigenvalue weighted by Crippen LogP contribution is 2.53. The maximum absolute atomic E-state index is 12.2. The van der Waals surface area contributed by atoms with Crippen molar-refractivity contribution in [3.63, 3.8) is 0 Å². The highest BCUT2D eigenvalue weighted by Gasteiger charge is 2.40. The molecular formula is C18H16N3O7+. The van der Waals surface area contributed by atoms with Gasteiger partial charge in [0.15, 0.2) is 7.11 Å². The highest BCUT2D eigenvalue weighted by atomic mass is 16.8. The van der Waals surface area contributed by atoms with E-state index in [1.54, 1.807) is 12.1 Å². The lowest BCUT2D eigenvalue weighted by Gasteiger charge is -2.04. The number of hydrogen-bond acceptors (Lipinski definition) is 7. The third kappa shape index (κ3) is 3.04. The van der Waals surface area contributed by atoms with E-state index in [1.165, 1.54) is 25.5 Å². The zero-order valence-corrected chi connectivity index (χ0v) is 15.1. The minimum atomic E-state index is -0.704. The van der Waals surface area contributed by atoms with Crippen LogP contribution in [0.5, 0.6) is 0 Å². The number of benzene rings is 2. The number of nitro benzene ring substituents is 2. The van der Waals surface area contributed by atoms with Crippen LogP contribution in [0.15, 0.2) is 36.6 Å². The van der Waals surface area contributed by atoms with Crippen molar-refractivity contribution in [1.29, 1.82) is 0 Å². The standard InChI is InChI=1S/C18H16N3O7/c1-3-7-28-10-14-12-5-4-6-15(21(26)27-2)17(12)18-13(14)8-11(19(22)23)9-16(18)20(24)25/h4-6,8-10H,3,7H2,1-2H3/q+1/b14-10-. The summed E-state index contributed by atoms with van der Waals surface area (Å²) in [6.45, 7) is 2.31. The lowest BCUT2D eigenvalue weighted by molar-refractivity contribution is -0.736. The lowest BCUT2D eigenvalue weighted by Crippen LogP contribution is -2.01. The average molecular weight is 386 g/mol. The fourth-order valence-corrected chi connectivity index (χ4v) is 3.15. The molecule has 0 saturated heterocycles. The Morgan fingerprint density at radius 1 is 1.00 bits per heavy atom. The van der Waals surface area contributed by atoms with Gasteiger partial charge in [-0.05, 0) is 6.42 Å². The molecule has 2 aromatic carbocycles.